The van der Waals surface area contributed by atoms with E-state index in [0.717, 1.165) is 79.6 Å². The molecule has 0 unspecified atom stereocenters. The molecule has 0 saturated carbocycles. The maximum Gasteiger partial charge on any atom is 0.410 e. The summed E-state index contributed by atoms with van der Waals surface area (Å²) in [5.74, 6) is 0.0622. The number of hydrogen-bond acceptors (Lipinski definition) is 10. The van der Waals surface area contributed by atoms with Gasteiger partial charge >= 0.3 is 18.2 Å². The normalized spacial score (nSPS) is 18.5. The number of ether oxygens (including phenoxy) is 4. The number of likely N-dealkylation sites (tertiary alicyclic amines) is 1. The first-order chi connectivity index (χ1) is 36.4. The van der Waals surface area contributed by atoms with Gasteiger partial charge in [0.1, 0.15) is 36.6 Å². The van der Waals surface area contributed by atoms with Crippen LogP contribution in [0.15, 0.2) is 109 Å². The lowest BCUT2D eigenvalue weighted by atomic mass is 9.83. The molecule has 9 rings (SSSR count). The highest BCUT2D eigenvalue weighted by molar-refractivity contribution is 5.96. The number of amides is 3. The first-order valence-corrected chi connectivity index (χ1v) is 27.1. The number of cyclic esters (lactones) is 1. The summed E-state index contributed by atoms with van der Waals surface area (Å²) < 4.78 is 26.6. The third-order valence-corrected chi connectivity index (χ3v) is 14.6. The predicted octanol–water partition coefficient (Wildman–Crippen LogP) is 11.7. The van der Waals surface area contributed by atoms with E-state index in [9.17, 15) is 19.2 Å². The van der Waals surface area contributed by atoms with Crippen LogP contribution in [-0.2, 0) is 56.4 Å². The van der Waals surface area contributed by atoms with Crippen LogP contribution in [0.5, 0.6) is 5.75 Å². The fourth-order valence-corrected chi connectivity index (χ4v) is 10.8. The molecule has 2 N–H and O–H groups in total. The number of fused-ring (bicyclic) bond motifs is 6. The number of rotatable bonds is 10. The lowest BCUT2D eigenvalue weighted by Crippen LogP contribution is -2.60. The number of aromatic nitrogens is 2. The van der Waals surface area contributed by atoms with E-state index < -0.39 is 41.1 Å². The Bertz CT molecular complexity index is 3050. The van der Waals surface area contributed by atoms with Gasteiger partial charge in [0.25, 0.3) is 5.91 Å². The number of esters is 1. The first-order valence-electron chi connectivity index (χ1n) is 27.1. The van der Waals surface area contributed by atoms with E-state index in [1.165, 1.54) is 5.01 Å². The Kier molecular flexibility index (Phi) is 16.2. The molecule has 0 spiro atoms. The highest BCUT2D eigenvalue weighted by Crippen LogP contribution is 2.44. The number of piperidine rings is 1. The molecule has 14 heteroatoms. The third kappa shape index (κ3) is 12.7. The highest BCUT2D eigenvalue weighted by atomic mass is 16.6. The predicted molar refractivity (Wildman–Crippen MR) is 294 cm³/mol. The monoisotopic (exact) mass is 1030 g/mol. The molecule has 3 amide bonds. The summed E-state index contributed by atoms with van der Waals surface area (Å²) in [6, 6.07) is 32.9. The van der Waals surface area contributed by atoms with Gasteiger partial charge in [0.15, 0.2) is 0 Å². The number of pyridine rings is 1. The molecular formula is C62H74N6O8. The zero-order valence-corrected chi connectivity index (χ0v) is 45.4. The molecule has 14 nitrogen and oxygen atoms in total. The Morgan fingerprint density at radius 3 is 2.26 bits per heavy atom. The largest absolute Gasteiger partial charge is 0.489 e. The number of carbonyl (C=O) groups is 4. The van der Waals surface area contributed by atoms with E-state index in [-0.39, 0.29) is 37.6 Å². The standard InChI is InChI=1S/C62H74N6O8/c1-9-67-54-23-22-45-33-49(54)51(56(67)50-34-47(36-63-55(50)40(2)3)44-24-27-66(28-25-44)60(72)74-38-42-19-14-11-15-20-42)35-62(7,8)39-75-58(70)52-21-16-26-68(65-52)57(69)53(64-59(71)76-61(4,5)6)31-43-29-46(45)32-48(30-43)73-37-41-17-12-10-13-18-41/h10-15,17-20,22-23,29-30,32-34,36,40,44,52-53,65H,9,16,21,24-28,31,35,37-39H2,1-8H3,(H,64,71)/t52-,53-/m0/s1. The van der Waals surface area contributed by atoms with Crippen LogP contribution < -0.4 is 15.5 Å². The van der Waals surface area contributed by atoms with Crippen LogP contribution in [0.4, 0.5) is 9.59 Å². The summed E-state index contributed by atoms with van der Waals surface area (Å²) in [5, 5.41) is 5.40. The molecule has 4 aromatic carbocycles. The number of alkyl carbamates (subject to hydrolysis) is 1. The van der Waals surface area contributed by atoms with Crippen molar-refractivity contribution >= 4 is 35.0 Å². The van der Waals surface area contributed by atoms with Crippen molar-refractivity contribution in [2.24, 2.45) is 5.41 Å². The summed E-state index contributed by atoms with van der Waals surface area (Å²) in [6.07, 6.45) is 4.29. The minimum atomic E-state index is -1.06. The van der Waals surface area contributed by atoms with Gasteiger partial charge in [-0.2, -0.15) is 0 Å². The summed E-state index contributed by atoms with van der Waals surface area (Å²) in [5.41, 5.74) is 12.9. The van der Waals surface area contributed by atoms with Gasteiger partial charge in [-0.15, -0.1) is 0 Å². The number of hydrazine groups is 1. The second-order valence-corrected chi connectivity index (χ2v) is 22.8. The molecule has 6 aromatic rings. The number of carbonyl (C=O) groups excluding carboxylic acids is 4. The zero-order chi connectivity index (χ0) is 53.7. The Morgan fingerprint density at radius 2 is 1.58 bits per heavy atom. The quantitative estimate of drug-likeness (QED) is 0.100. The molecule has 6 bridgehead atoms. The van der Waals surface area contributed by atoms with Gasteiger partial charge in [-0.3, -0.25) is 19.6 Å². The third-order valence-electron chi connectivity index (χ3n) is 14.6. The van der Waals surface area contributed by atoms with Gasteiger partial charge in [-0.05, 0) is 141 Å². The second kappa shape index (κ2) is 23.0. The van der Waals surface area contributed by atoms with Crippen molar-refractivity contribution in [1.29, 1.82) is 0 Å². The van der Waals surface area contributed by atoms with Gasteiger partial charge in [-0.25, -0.2) is 15.0 Å². The molecule has 3 aliphatic heterocycles. The fourth-order valence-electron chi connectivity index (χ4n) is 10.8. The molecule has 2 fully saturated rings. The van der Waals surface area contributed by atoms with Crippen molar-refractivity contribution < 1.29 is 38.1 Å². The number of aryl methyl sites for hydroxylation is 1. The lowest BCUT2D eigenvalue weighted by Gasteiger charge is -2.35. The molecule has 0 radical (unpaired) electrons. The van der Waals surface area contributed by atoms with Crippen molar-refractivity contribution in [2.45, 2.75) is 143 Å². The maximum absolute atomic E-state index is 14.6. The zero-order valence-electron chi connectivity index (χ0n) is 45.4. The Labute approximate surface area is 447 Å². The van der Waals surface area contributed by atoms with Gasteiger partial charge in [0, 0.05) is 60.7 Å². The van der Waals surface area contributed by atoms with Crippen LogP contribution >= 0.6 is 0 Å². The Balaban J connectivity index is 1.14. The average molecular weight is 1030 g/mol. The fraction of sp³-hybridized carbons (Fsp3) is 0.435. The molecular weight excluding hydrogens is 957 g/mol. The van der Waals surface area contributed by atoms with Gasteiger partial charge < -0.3 is 33.7 Å². The minimum absolute atomic E-state index is 0.102. The van der Waals surface area contributed by atoms with Crippen molar-refractivity contribution in [3.05, 3.63) is 143 Å². The first kappa shape index (κ1) is 53.6. The van der Waals surface area contributed by atoms with Crippen molar-refractivity contribution in [1.82, 2.24) is 30.2 Å². The van der Waals surface area contributed by atoms with E-state index in [1.807, 2.05) is 83.9 Å². The maximum atomic E-state index is 14.6. The van der Waals surface area contributed by atoms with Gasteiger partial charge in [0.2, 0.25) is 0 Å². The van der Waals surface area contributed by atoms with Crippen molar-refractivity contribution in [3.63, 3.8) is 0 Å². The van der Waals surface area contributed by atoms with E-state index in [0.29, 0.717) is 57.8 Å². The van der Waals surface area contributed by atoms with Crippen LogP contribution in [0.25, 0.3) is 33.3 Å². The molecule has 400 valence electrons. The van der Waals surface area contributed by atoms with E-state index in [2.05, 4.69) is 80.3 Å². The topological polar surface area (TPSA) is 154 Å². The summed E-state index contributed by atoms with van der Waals surface area (Å²) in [7, 11) is 0. The summed E-state index contributed by atoms with van der Waals surface area (Å²) in [4.78, 5) is 62.5. The van der Waals surface area contributed by atoms with E-state index in [1.54, 1.807) is 20.8 Å². The number of nitrogens with zero attached hydrogens (tertiary/aromatic N) is 4. The SMILES string of the molecule is CCn1c(-c2cc(C3CCN(C(=O)OCc4ccccc4)CC3)cnc2C(C)C)c2c3cc(ccc31)-c1cc(cc(OCc3ccccc3)c1)C[C@H](NC(=O)OC(C)(C)C)C(=O)N1CCC[C@H](N1)C(=O)OCC(C)(C)C2. The molecule has 2 aromatic heterocycles. The molecule has 76 heavy (non-hydrogen) atoms. The smallest absolute Gasteiger partial charge is 0.410 e. The molecule has 5 heterocycles. The van der Waals surface area contributed by atoms with Gasteiger partial charge in [0.05, 0.1) is 18.0 Å². The van der Waals surface area contributed by atoms with Crippen LogP contribution in [0, 0.1) is 5.41 Å². The van der Waals surface area contributed by atoms with Crippen LogP contribution in [0.3, 0.4) is 0 Å². The Hall–Kier alpha value is -7.19. The molecule has 2 atom stereocenters. The molecule has 2 saturated heterocycles. The van der Waals surface area contributed by atoms with Crippen molar-refractivity contribution in [3.8, 4) is 28.1 Å². The van der Waals surface area contributed by atoms with Crippen molar-refractivity contribution in [2.75, 3.05) is 26.2 Å². The molecule has 3 aliphatic rings. The van der Waals surface area contributed by atoms with Crippen LogP contribution in [0.2, 0.25) is 0 Å². The summed E-state index contributed by atoms with van der Waals surface area (Å²) >= 11 is 0. The minimum Gasteiger partial charge on any atom is -0.489 e. The summed E-state index contributed by atoms with van der Waals surface area (Å²) in [6.45, 7) is 19.0. The van der Waals surface area contributed by atoms with E-state index in [4.69, 9.17) is 23.9 Å². The van der Waals surface area contributed by atoms with Crippen LogP contribution in [-0.4, -0.2) is 87.4 Å². The molecule has 0 aliphatic carbocycles. The lowest BCUT2D eigenvalue weighted by molar-refractivity contribution is -0.155. The highest BCUT2D eigenvalue weighted by Gasteiger charge is 2.36. The van der Waals surface area contributed by atoms with Crippen LogP contribution in [0.1, 0.15) is 126 Å². The second-order valence-electron chi connectivity index (χ2n) is 22.8. The Morgan fingerprint density at radius 1 is 0.868 bits per heavy atom. The number of benzene rings is 4. The average Bonchev–Trinajstić information content (AvgIpc) is 3.72. The number of hydrogen-bond donors (Lipinski definition) is 2. The van der Waals surface area contributed by atoms with Gasteiger partial charge in [-0.1, -0.05) is 100 Å². The van der Waals surface area contributed by atoms with E-state index >= 15 is 0 Å². The number of nitrogens with one attached hydrogen (secondary N) is 2.